The molecule has 1 aliphatic rings. The zero-order valence-electron chi connectivity index (χ0n) is 20.0. The number of nitrogens with zero attached hydrogens (tertiary/aromatic N) is 1. The molecule has 0 saturated heterocycles. The monoisotopic (exact) mass is 478 g/mol. The molecule has 0 spiro atoms. The Balaban J connectivity index is 1.72. The van der Waals surface area contributed by atoms with Gasteiger partial charge in [0.2, 0.25) is 11.8 Å². The van der Waals surface area contributed by atoms with E-state index in [0.717, 1.165) is 11.1 Å². The SMILES string of the molecule is O=C1CCC/C=C/C[C@@H](CC(=O)N(CCO)Cc2ccccc2)C(=O)NC[C@H](c2ccccc2)O1. The number of allylic oxidation sites excluding steroid dienone is 2. The predicted molar refractivity (Wildman–Crippen MR) is 133 cm³/mol. The summed E-state index contributed by atoms with van der Waals surface area (Å²) < 4.78 is 5.67. The fourth-order valence-electron chi connectivity index (χ4n) is 4.03. The Labute approximate surface area is 206 Å². The standard InChI is InChI=1S/C28H34N2O5/c31-18-17-30(21-22-11-5-3-6-12-22)26(32)19-24-15-7-1-2-10-16-27(33)35-25(20-29-28(24)34)23-13-8-4-9-14-23/h1,3-9,11-14,24-25,31H,2,10,15-21H2,(H,29,34)/b7-1+/t24-,25+/m0/s1. The third-order valence-corrected chi connectivity index (χ3v) is 5.98. The highest BCUT2D eigenvalue weighted by atomic mass is 16.5. The molecule has 35 heavy (non-hydrogen) atoms. The summed E-state index contributed by atoms with van der Waals surface area (Å²) in [5.74, 6) is -1.31. The number of amides is 2. The molecule has 0 fully saturated rings. The van der Waals surface area contributed by atoms with Gasteiger partial charge in [-0.3, -0.25) is 14.4 Å². The van der Waals surface area contributed by atoms with Crippen LogP contribution >= 0.6 is 0 Å². The Kier molecular flexibility index (Phi) is 10.5. The van der Waals surface area contributed by atoms with Crippen LogP contribution in [0.3, 0.4) is 0 Å². The highest BCUT2D eigenvalue weighted by Gasteiger charge is 2.26. The summed E-state index contributed by atoms with van der Waals surface area (Å²) in [5, 5.41) is 12.4. The third kappa shape index (κ3) is 8.68. The van der Waals surface area contributed by atoms with Crippen LogP contribution in [0.25, 0.3) is 0 Å². The molecule has 7 nitrogen and oxygen atoms in total. The van der Waals surface area contributed by atoms with E-state index in [9.17, 15) is 19.5 Å². The minimum Gasteiger partial charge on any atom is -0.456 e. The van der Waals surface area contributed by atoms with E-state index in [2.05, 4.69) is 5.32 Å². The minimum atomic E-state index is -0.596. The molecular formula is C28H34N2O5. The molecule has 2 aromatic rings. The van der Waals surface area contributed by atoms with Gasteiger partial charge >= 0.3 is 5.97 Å². The topological polar surface area (TPSA) is 95.9 Å². The second-order valence-corrected chi connectivity index (χ2v) is 8.66. The van der Waals surface area contributed by atoms with Crippen LogP contribution in [0, 0.1) is 5.92 Å². The lowest BCUT2D eigenvalue weighted by molar-refractivity contribution is -0.150. The predicted octanol–water partition coefficient (Wildman–Crippen LogP) is 3.54. The summed E-state index contributed by atoms with van der Waals surface area (Å²) in [5.41, 5.74) is 1.76. The molecule has 2 atom stereocenters. The first kappa shape index (κ1) is 26.2. The van der Waals surface area contributed by atoms with Crippen molar-refractivity contribution in [2.24, 2.45) is 5.92 Å². The second-order valence-electron chi connectivity index (χ2n) is 8.66. The van der Waals surface area contributed by atoms with Gasteiger partial charge in [0.25, 0.3) is 0 Å². The zero-order valence-corrected chi connectivity index (χ0v) is 20.0. The largest absolute Gasteiger partial charge is 0.456 e. The quantitative estimate of drug-likeness (QED) is 0.469. The number of ether oxygens (including phenoxy) is 1. The van der Waals surface area contributed by atoms with Gasteiger partial charge in [-0.2, -0.15) is 0 Å². The number of aliphatic hydroxyl groups excluding tert-OH is 1. The number of esters is 1. The number of cyclic esters (lactones) is 1. The number of hydrogen-bond donors (Lipinski definition) is 2. The van der Waals surface area contributed by atoms with Gasteiger partial charge < -0.3 is 20.1 Å². The van der Waals surface area contributed by atoms with Crippen molar-refractivity contribution in [1.82, 2.24) is 10.2 Å². The maximum absolute atomic E-state index is 13.2. The van der Waals surface area contributed by atoms with Crippen molar-refractivity contribution in [2.45, 2.75) is 44.8 Å². The maximum atomic E-state index is 13.2. The van der Waals surface area contributed by atoms with Crippen LogP contribution in [0.5, 0.6) is 0 Å². The van der Waals surface area contributed by atoms with E-state index in [1.807, 2.05) is 72.8 Å². The van der Waals surface area contributed by atoms with E-state index in [0.29, 0.717) is 32.2 Å². The Bertz CT molecular complexity index is 977. The summed E-state index contributed by atoms with van der Waals surface area (Å²) in [4.78, 5) is 40.2. The molecule has 0 radical (unpaired) electrons. The van der Waals surface area contributed by atoms with E-state index in [1.165, 1.54) is 0 Å². The van der Waals surface area contributed by atoms with Crippen molar-refractivity contribution in [3.63, 3.8) is 0 Å². The van der Waals surface area contributed by atoms with Crippen LogP contribution < -0.4 is 5.32 Å². The molecule has 0 aromatic heterocycles. The van der Waals surface area contributed by atoms with Crippen LogP contribution in [0.2, 0.25) is 0 Å². The number of carbonyl (C=O) groups is 3. The van der Waals surface area contributed by atoms with Crippen LogP contribution in [0.4, 0.5) is 0 Å². The Hall–Kier alpha value is -3.45. The van der Waals surface area contributed by atoms with E-state index >= 15 is 0 Å². The number of nitrogens with one attached hydrogen (secondary N) is 1. The smallest absolute Gasteiger partial charge is 0.306 e. The molecule has 1 heterocycles. The number of hydrogen-bond acceptors (Lipinski definition) is 5. The Morgan fingerprint density at radius 1 is 1.03 bits per heavy atom. The summed E-state index contributed by atoms with van der Waals surface area (Å²) in [7, 11) is 0. The minimum absolute atomic E-state index is 0.0266. The number of aliphatic hydroxyl groups is 1. The van der Waals surface area contributed by atoms with E-state index in [1.54, 1.807) is 4.90 Å². The fraction of sp³-hybridized carbons (Fsp3) is 0.393. The van der Waals surface area contributed by atoms with Crippen LogP contribution in [-0.4, -0.2) is 47.5 Å². The van der Waals surface area contributed by atoms with E-state index in [-0.39, 0.29) is 43.9 Å². The number of carbonyl (C=O) groups excluding carboxylic acids is 3. The van der Waals surface area contributed by atoms with Crippen LogP contribution in [-0.2, 0) is 25.7 Å². The molecule has 0 unspecified atom stereocenters. The molecule has 0 aliphatic carbocycles. The normalized spacial score (nSPS) is 20.4. The van der Waals surface area contributed by atoms with Gasteiger partial charge in [-0.1, -0.05) is 72.8 Å². The molecule has 3 rings (SSSR count). The summed E-state index contributed by atoms with van der Waals surface area (Å²) in [6.45, 7) is 0.549. The molecule has 7 heteroatoms. The number of rotatable bonds is 7. The maximum Gasteiger partial charge on any atom is 0.306 e. The van der Waals surface area contributed by atoms with Crippen molar-refractivity contribution >= 4 is 17.8 Å². The molecular weight excluding hydrogens is 444 g/mol. The Morgan fingerprint density at radius 3 is 2.46 bits per heavy atom. The van der Waals surface area contributed by atoms with Crippen molar-refractivity contribution in [2.75, 3.05) is 19.7 Å². The van der Waals surface area contributed by atoms with Crippen molar-refractivity contribution in [3.05, 3.63) is 83.9 Å². The molecule has 1 aliphatic heterocycles. The molecule has 0 bridgehead atoms. The van der Waals surface area contributed by atoms with Crippen molar-refractivity contribution in [3.8, 4) is 0 Å². The van der Waals surface area contributed by atoms with Gasteiger partial charge in [-0.15, -0.1) is 0 Å². The zero-order chi connectivity index (χ0) is 24.9. The van der Waals surface area contributed by atoms with Gasteiger partial charge in [0.15, 0.2) is 0 Å². The first-order chi connectivity index (χ1) is 17.1. The van der Waals surface area contributed by atoms with Crippen LogP contribution in [0.15, 0.2) is 72.8 Å². The lowest BCUT2D eigenvalue weighted by atomic mass is 9.98. The highest BCUT2D eigenvalue weighted by molar-refractivity contribution is 5.86. The molecule has 0 saturated carbocycles. The van der Waals surface area contributed by atoms with E-state index < -0.39 is 12.0 Å². The first-order valence-electron chi connectivity index (χ1n) is 12.2. The average molecular weight is 479 g/mol. The lowest BCUT2D eigenvalue weighted by Gasteiger charge is -2.25. The van der Waals surface area contributed by atoms with Gasteiger partial charge in [0.05, 0.1) is 19.1 Å². The molecule has 2 aromatic carbocycles. The molecule has 186 valence electrons. The molecule has 2 amide bonds. The summed E-state index contributed by atoms with van der Waals surface area (Å²) in [6, 6.07) is 18.9. The number of benzene rings is 2. The van der Waals surface area contributed by atoms with Crippen molar-refractivity contribution < 1.29 is 24.2 Å². The molecule has 2 N–H and O–H groups in total. The average Bonchev–Trinajstić information content (AvgIpc) is 2.89. The van der Waals surface area contributed by atoms with Crippen molar-refractivity contribution in [1.29, 1.82) is 0 Å². The highest BCUT2D eigenvalue weighted by Crippen LogP contribution is 2.20. The third-order valence-electron chi connectivity index (χ3n) is 5.98. The summed E-state index contributed by atoms with van der Waals surface area (Å²) >= 11 is 0. The van der Waals surface area contributed by atoms with Gasteiger partial charge in [0.1, 0.15) is 6.10 Å². The summed E-state index contributed by atoms with van der Waals surface area (Å²) in [6.07, 6.45) is 5.35. The first-order valence-corrected chi connectivity index (χ1v) is 12.2. The Morgan fingerprint density at radius 2 is 1.74 bits per heavy atom. The van der Waals surface area contributed by atoms with E-state index in [4.69, 9.17) is 4.74 Å². The van der Waals surface area contributed by atoms with Gasteiger partial charge in [-0.05, 0) is 30.4 Å². The van der Waals surface area contributed by atoms with Gasteiger partial charge in [0, 0.05) is 25.9 Å². The lowest BCUT2D eigenvalue weighted by Crippen LogP contribution is -2.39. The fourth-order valence-corrected chi connectivity index (χ4v) is 4.03. The second kappa shape index (κ2) is 14.1. The van der Waals surface area contributed by atoms with Gasteiger partial charge in [-0.25, -0.2) is 0 Å². The van der Waals surface area contributed by atoms with Crippen LogP contribution in [0.1, 0.15) is 49.3 Å².